The molecule has 2 heterocycles. The lowest BCUT2D eigenvalue weighted by Gasteiger charge is -2.37. The molecule has 0 radical (unpaired) electrons. The first-order valence-corrected chi connectivity index (χ1v) is 7.37. The Hall–Kier alpha value is -1.75. The molecule has 0 unspecified atom stereocenters. The quantitative estimate of drug-likeness (QED) is 0.778. The van der Waals surface area contributed by atoms with Crippen molar-refractivity contribution in [2.45, 2.75) is 18.9 Å². The summed E-state index contributed by atoms with van der Waals surface area (Å²) in [5, 5.41) is 3.28. The lowest BCUT2D eigenvalue weighted by Crippen LogP contribution is -2.53. The molecular formula is C15H22N4O. The molecule has 1 aromatic rings. The van der Waals surface area contributed by atoms with E-state index in [-0.39, 0.29) is 11.9 Å². The number of anilines is 2. The minimum Gasteiger partial charge on any atom is -0.399 e. The van der Waals surface area contributed by atoms with Crippen LogP contribution in [0.15, 0.2) is 24.3 Å². The summed E-state index contributed by atoms with van der Waals surface area (Å²) in [7, 11) is 0. The van der Waals surface area contributed by atoms with Crippen molar-refractivity contribution < 1.29 is 4.79 Å². The van der Waals surface area contributed by atoms with Gasteiger partial charge < -0.3 is 20.9 Å². The zero-order valence-electron chi connectivity index (χ0n) is 11.7. The van der Waals surface area contributed by atoms with Gasteiger partial charge in [-0.05, 0) is 43.7 Å². The van der Waals surface area contributed by atoms with Crippen molar-refractivity contribution in [2.75, 3.05) is 43.4 Å². The third-order valence-electron chi connectivity index (χ3n) is 4.21. The summed E-state index contributed by atoms with van der Waals surface area (Å²) in [6, 6.07) is 8.00. The molecule has 2 aliphatic rings. The predicted molar refractivity (Wildman–Crippen MR) is 80.7 cm³/mol. The molecule has 1 atom stereocenters. The number of hydrogen-bond acceptors (Lipinski definition) is 4. The molecule has 2 aliphatic heterocycles. The Morgan fingerprint density at radius 2 is 1.85 bits per heavy atom. The lowest BCUT2D eigenvalue weighted by molar-refractivity contribution is -0.133. The number of piperazine rings is 1. The van der Waals surface area contributed by atoms with Crippen molar-refractivity contribution in [2.24, 2.45) is 0 Å². The Bertz CT molecular complexity index is 459. The summed E-state index contributed by atoms with van der Waals surface area (Å²) in [6.07, 6.45) is 2.10. The average Bonchev–Trinajstić information content (AvgIpc) is 3.02. The normalized spacial score (nSPS) is 23.1. The second kappa shape index (κ2) is 5.71. The van der Waals surface area contributed by atoms with Gasteiger partial charge in [0.15, 0.2) is 0 Å². The summed E-state index contributed by atoms with van der Waals surface area (Å²) in [6.45, 7) is 4.37. The molecule has 20 heavy (non-hydrogen) atoms. The highest BCUT2D eigenvalue weighted by molar-refractivity contribution is 5.82. The van der Waals surface area contributed by atoms with Crippen molar-refractivity contribution in [1.29, 1.82) is 0 Å². The molecule has 0 saturated carbocycles. The summed E-state index contributed by atoms with van der Waals surface area (Å²) < 4.78 is 0. The number of carbonyl (C=O) groups excluding carboxylic acids is 1. The van der Waals surface area contributed by atoms with E-state index in [2.05, 4.69) is 10.2 Å². The van der Waals surface area contributed by atoms with Crippen LogP contribution in [0.4, 0.5) is 11.4 Å². The summed E-state index contributed by atoms with van der Waals surface area (Å²) in [4.78, 5) is 16.6. The maximum Gasteiger partial charge on any atom is 0.239 e. The van der Waals surface area contributed by atoms with Gasteiger partial charge in [-0.15, -0.1) is 0 Å². The van der Waals surface area contributed by atoms with Crippen molar-refractivity contribution in [3.8, 4) is 0 Å². The minimum atomic E-state index is 0.0538. The van der Waals surface area contributed by atoms with Crippen LogP contribution < -0.4 is 16.0 Å². The van der Waals surface area contributed by atoms with Gasteiger partial charge >= 0.3 is 0 Å². The molecule has 1 amide bonds. The van der Waals surface area contributed by atoms with Gasteiger partial charge in [-0.3, -0.25) is 4.79 Å². The van der Waals surface area contributed by atoms with Crippen LogP contribution in [-0.2, 0) is 4.79 Å². The average molecular weight is 274 g/mol. The number of hydrogen-bond donors (Lipinski definition) is 2. The van der Waals surface area contributed by atoms with E-state index in [0.29, 0.717) is 0 Å². The van der Waals surface area contributed by atoms with E-state index in [1.807, 2.05) is 29.2 Å². The number of nitrogens with zero attached hydrogens (tertiary/aromatic N) is 2. The molecular weight excluding hydrogens is 252 g/mol. The molecule has 3 rings (SSSR count). The van der Waals surface area contributed by atoms with Gasteiger partial charge in [-0.25, -0.2) is 0 Å². The van der Waals surface area contributed by atoms with E-state index < -0.39 is 0 Å². The maximum atomic E-state index is 12.3. The zero-order chi connectivity index (χ0) is 13.9. The monoisotopic (exact) mass is 274 g/mol. The first kappa shape index (κ1) is 13.2. The third kappa shape index (κ3) is 2.72. The zero-order valence-corrected chi connectivity index (χ0v) is 11.7. The van der Waals surface area contributed by atoms with Crippen LogP contribution in [-0.4, -0.2) is 49.6 Å². The van der Waals surface area contributed by atoms with Crippen LogP contribution in [0.25, 0.3) is 0 Å². The Morgan fingerprint density at radius 3 is 2.45 bits per heavy atom. The smallest absolute Gasteiger partial charge is 0.239 e. The number of rotatable bonds is 2. The highest BCUT2D eigenvalue weighted by Crippen LogP contribution is 2.19. The van der Waals surface area contributed by atoms with Gasteiger partial charge in [-0.1, -0.05) is 0 Å². The van der Waals surface area contributed by atoms with Gasteiger partial charge in [0.25, 0.3) is 0 Å². The molecule has 0 aliphatic carbocycles. The Balaban J connectivity index is 1.56. The fourth-order valence-electron chi connectivity index (χ4n) is 2.99. The van der Waals surface area contributed by atoms with Crippen LogP contribution in [0.1, 0.15) is 12.8 Å². The van der Waals surface area contributed by atoms with Crippen LogP contribution in [0.5, 0.6) is 0 Å². The standard InChI is InChI=1S/C15H22N4O/c16-12-3-5-13(6-4-12)18-8-10-19(11-9-18)15(20)14-2-1-7-17-14/h3-6,14,17H,1-2,7-11,16H2/t14-/m1/s1. The molecule has 5 heteroatoms. The summed E-state index contributed by atoms with van der Waals surface area (Å²) in [5.41, 5.74) is 7.68. The Labute approximate surface area is 119 Å². The van der Waals surface area contributed by atoms with Gasteiger partial charge in [0.05, 0.1) is 6.04 Å². The van der Waals surface area contributed by atoms with E-state index in [1.165, 1.54) is 5.69 Å². The van der Waals surface area contributed by atoms with Gasteiger partial charge in [0, 0.05) is 37.6 Å². The Morgan fingerprint density at radius 1 is 1.15 bits per heavy atom. The van der Waals surface area contributed by atoms with Gasteiger partial charge in [0.1, 0.15) is 0 Å². The largest absolute Gasteiger partial charge is 0.399 e. The molecule has 108 valence electrons. The fraction of sp³-hybridized carbons (Fsp3) is 0.533. The van der Waals surface area contributed by atoms with Crippen LogP contribution >= 0.6 is 0 Å². The van der Waals surface area contributed by atoms with Crippen molar-refractivity contribution >= 4 is 17.3 Å². The van der Waals surface area contributed by atoms with Crippen LogP contribution in [0.2, 0.25) is 0 Å². The number of benzene rings is 1. The Kier molecular flexibility index (Phi) is 3.78. The molecule has 5 nitrogen and oxygen atoms in total. The second-order valence-electron chi connectivity index (χ2n) is 5.55. The van der Waals surface area contributed by atoms with E-state index in [1.54, 1.807) is 0 Å². The number of nitrogen functional groups attached to an aromatic ring is 1. The first-order valence-electron chi connectivity index (χ1n) is 7.37. The summed E-state index contributed by atoms with van der Waals surface area (Å²) >= 11 is 0. The topological polar surface area (TPSA) is 61.6 Å². The highest BCUT2D eigenvalue weighted by Gasteiger charge is 2.29. The van der Waals surface area contributed by atoms with E-state index >= 15 is 0 Å². The maximum absolute atomic E-state index is 12.3. The molecule has 0 bridgehead atoms. The molecule has 1 aromatic carbocycles. The molecule has 0 spiro atoms. The predicted octanol–water partition coefficient (Wildman–Crippen LogP) is 0.669. The lowest BCUT2D eigenvalue weighted by atomic mass is 10.1. The van der Waals surface area contributed by atoms with Gasteiger partial charge in [-0.2, -0.15) is 0 Å². The minimum absolute atomic E-state index is 0.0538. The molecule has 0 aromatic heterocycles. The fourth-order valence-corrected chi connectivity index (χ4v) is 2.99. The number of amides is 1. The SMILES string of the molecule is Nc1ccc(N2CCN(C(=O)[C@H]3CCCN3)CC2)cc1. The van der Waals surface area contributed by atoms with Crippen molar-refractivity contribution in [3.05, 3.63) is 24.3 Å². The summed E-state index contributed by atoms with van der Waals surface area (Å²) in [5.74, 6) is 0.277. The molecule has 2 saturated heterocycles. The number of nitrogens with one attached hydrogen (secondary N) is 1. The van der Waals surface area contributed by atoms with E-state index in [4.69, 9.17) is 5.73 Å². The molecule has 2 fully saturated rings. The van der Waals surface area contributed by atoms with Crippen LogP contribution in [0.3, 0.4) is 0 Å². The second-order valence-corrected chi connectivity index (χ2v) is 5.55. The van der Waals surface area contributed by atoms with E-state index in [9.17, 15) is 4.79 Å². The van der Waals surface area contributed by atoms with Crippen molar-refractivity contribution in [1.82, 2.24) is 10.2 Å². The first-order chi connectivity index (χ1) is 9.74. The number of carbonyl (C=O) groups is 1. The van der Waals surface area contributed by atoms with E-state index in [0.717, 1.165) is 51.3 Å². The highest BCUT2D eigenvalue weighted by atomic mass is 16.2. The van der Waals surface area contributed by atoms with Crippen molar-refractivity contribution in [3.63, 3.8) is 0 Å². The van der Waals surface area contributed by atoms with Crippen LogP contribution in [0, 0.1) is 0 Å². The molecule has 3 N–H and O–H groups in total. The number of nitrogens with two attached hydrogens (primary N) is 1. The van der Waals surface area contributed by atoms with Gasteiger partial charge in [0.2, 0.25) is 5.91 Å². The third-order valence-corrected chi connectivity index (χ3v) is 4.21.